The lowest BCUT2D eigenvalue weighted by molar-refractivity contribution is -0.143. The summed E-state index contributed by atoms with van der Waals surface area (Å²) in [5, 5.41) is 13.6. The fourth-order valence-corrected chi connectivity index (χ4v) is 5.23. The van der Waals surface area contributed by atoms with E-state index in [1.807, 2.05) is 0 Å². The summed E-state index contributed by atoms with van der Waals surface area (Å²) in [6, 6.07) is 0.245. The van der Waals surface area contributed by atoms with E-state index >= 15 is 0 Å². The maximum atomic E-state index is 12.8. The molecule has 4 unspecified atom stereocenters. The Labute approximate surface area is 143 Å². The number of alkyl halides is 1. The van der Waals surface area contributed by atoms with Crippen molar-refractivity contribution in [3.8, 4) is 0 Å². The number of amides is 1. The topological polar surface area (TPSA) is 52.6 Å². The second-order valence-electron chi connectivity index (χ2n) is 7.78. The van der Waals surface area contributed by atoms with E-state index in [0.717, 1.165) is 57.9 Å². The molecule has 2 saturated carbocycles. The lowest BCUT2D eigenvalue weighted by Gasteiger charge is -2.44. The van der Waals surface area contributed by atoms with E-state index < -0.39 is 0 Å². The Bertz CT molecular complexity index is 501. The van der Waals surface area contributed by atoms with Gasteiger partial charge in [0.2, 0.25) is 5.91 Å². The van der Waals surface area contributed by atoms with E-state index in [0.29, 0.717) is 11.8 Å². The van der Waals surface area contributed by atoms with Crippen LogP contribution in [0.15, 0.2) is 11.6 Å². The molecule has 0 aromatic rings. The molecule has 128 valence electrons. The minimum Gasteiger partial charge on any atom is -0.393 e. The molecular formula is C18H27ClN2O2. The van der Waals surface area contributed by atoms with Gasteiger partial charge in [0.05, 0.1) is 12.0 Å². The number of nitrogens with zero attached hydrogens (tertiary/aromatic N) is 1. The van der Waals surface area contributed by atoms with Gasteiger partial charge in [-0.05, 0) is 62.9 Å². The Morgan fingerprint density at radius 2 is 1.96 bits per heavy atom. The van der Waals surface area contributed by atoms with Crippen molar-refractivity contribution in [2.24, 2.45) is 11.8 Å². The molecular weight excluding hydrogens is 312 g/mol. The molecule has 1 amide bonds. The van der Waals surface area contributed by atoms with Crippen molar-refractivity contribution in [1.29, 1.82) is 0 Å². The standard InChI is InChI=1S/C18H27ClN2O2/c19-13-3-6-15-16(10-13)20-17-12(7-8-21(17)18(15)23)9-11-1-4-14(22)5-2-11/h9,11,13-17,20,22H,1-8,10H2/b12-9+. The summed E-state index contributed by atoms with van der Waals surface area (Å²) in [5.41, 5.74) is 1.38. The van der Waals surface area contributed by atoms with Gasteiger partial charge in [-0.25, -0.2) is 0 Å². The highest BCUT2D eigenvalue weighted by Crippen LogP contribution is 2.38. The summed E-state index contributed by atoms with van der Waals surface area (Å²) >= 11 is 6.33. The average Bonchev–Trinajstić information content (AvgIpc) is 2.93. The molecule has 0 bridgehead atoms. The number of halogens is 1. The quantitative estimate of drug-likeness (QED) is 0.570. The number of aliphatic hydroxyl groups excluding tert-OH is 1. The predicted molar refractivity (Wildman–Crippen MR) is 90.1 cm³/mol. The Kier molecular flexibility index (Phi) is 4.41. The van der Waals surface area contributed by atoms with Crippen LogP contribution in [-0.4, -0.2) is 46.1 Å². The SMILES string of the molecule is O=C1C2CCC(Cl)CC2NC2/C(=C/C3CCC(O)CC3)CCN12. The third kappa shape index (κ3) is 3.06. The largest absolute Gasteiger partial charge is 0.393 e. The molecule has 0 spiro atoms. The first-order valence-corrected chi connectivity index (χ1v) is 9.64. The van der Waals surface area contributed by atoms with Gasteiger partial charge < -0.3 is 10.0 Å². The Morgan fingerprint density at radius 3 is 2.74 bits per heavy atom. The number of rotatable bonds is 1. The summed E-state index contributed by atoms with van der Waals surface area (Å²) < 4.78 is 0. The number of allylic oxidation sites excluding steroid dienone is 1. The summed E-state index contributed by atoms with van der Waals surface area (Å²) in [7, 11) is 0. The van der Waals surface area contributed by atoms with Crippen molar-refractivity contribution in [3.05, 3.63) is 11.6 Å². The minimum absolute atomic E-state index is 0.0950. The van der Waals surface area contributed by atoms with Gasteiger partial charge >= 0.3 is 0 Å². The summed E-state index contributed by atoms with van der Waals surface area (Å²) in [4.78, 5) is 14.9. The third-order valence-electron chi connectivity index (χ3n) is 6.25. The molecule has 2 aliphatic carbocycles. The van der Waals surface area contributed by atoms with Crippen LogP contribution in [0, 0.1) is 11.8 Å². The first-order chi connectivity index (χ1) is 11.1. The van der Waals surface area contributed by atoms with Crippen LogP contribution in [0.25, 0.3) is 0 Å². The average molecular weight is 339 g/mol. The summed E-state index contributed by atoms with van der Waals surface area (Å²) in [6.07, 6.45) is 10.1. The summed E-state index contributed by atoms with van der Waals surface area (Å²) in [6.45, 7) is 0.852. The smallest absolute Gasteiger partial charge is 0.228 e. The van der Waals surface area contributed by atoms with Gasteiger partial charge in [0, 0.05) is 18.0 Å². The molecule has 4 rings (SSSR count). The Balaban J connectivity index is 1.49. The zero-order chi connectivity index (χ0) is 16.0. The summed E-state index contributed by atoms with van der Waals surface area (Å²) in [5.74, 6) is 1.03. The van der Waals surface area contributed by atoms with Gasteiger partial charge in [-0.3, -0.25) is 10.1 Å². The van der Waals surface area contributed by atoms with Crippen molar-refractivity contribution >= 4 is 17.5 Å². The molecule has 5 heteroatoms. The van der Waals surface area contributed by atoms with Gasteiger partial charge in [0.25, 0.3) is 0 Å². The molecule has 0 aromatic heterocycles. The second-order valence-corrected chi connectivity index (χ2v) is 8.40. The number of aliphatic hydroxyl groups is 1. The monoisotopic (exact) mass is 338 g/mol. The number of carbonyl (C=O) groups is 1. The van der Waals surface area contributed by atoms with E-state index in [-0.39, 0.29) is 29.6 Å². The lowest BCUT2D eigenvalue weighted by Crippen LogP contribution is -2.62. The predicted octanol–water partition coefficient (Wildman–Crippen LogP) is 2.40. The number of nitrogens with one attached hydrogen (secondary N) is 1. The van der Waals surface area contributed by atoms with Crippen LogP contribution >= 0.6 is 11.6 Å². The van der Waals surface area contributed by atoms with E-state index in [4.69, 9.17) is 11.6 Å². The molecule has 4 nitrogen and oxygen atoms in total. The van der Waals surface area contributed by atoms with Gasteiger partial charge in [-0.2, -0.15) is 0 Å². The zero-order valence-electron chi connectivity index (χ0n) is 13.6. The zero-order valence-corrected chi connectivity index (χ0v) is 14.3. The molecule has 4 aliphatic rings. The minimum atomic E-state index is -0.109. The Morgan fingerprint density at radius 1 is 1.17 bits per heavy atom. The lowest BCUT2D eigenvalue weighted by atomic mass is 9.81. The van der Waals surface area contributed by atoms with E-state index in [1.165, 1.54) is 5.57 Å². The highest BCUT2D eigenvalue weighted by atomic mass is 35.5. The van der Waals surface area contributed by atoms with Crippen molar-refractivity contribution in [3.63, 3.8) is 0 Å². The number of fused-ring (bicyclic) bond motifs is 2. The molecule has 23 heavy (non-hydrogen) atoms. The van der Waals surface area contributed by atoms with Gasteiger partial charge in [-0.15, -0.1) is 11.6 Å². The molecule has 4 atom stereocenters. The molecule has 2 aliphatic heterocycles. The molecule has 4 fully saturated rings. The fraction of sp³-hybridized carbons (Fsp3) is 0.833. The van der Waals surface area contributed by atoms with E-state index in [1.54, 1.807) is 0 Å². The van der Waals surface area contributed by atoms with Crippen LogP contribution in [-0.2, 0) is 4.79 Å². The highest BCUT2D eigenvalue weighted by Gasteiger charge is 2.47. The van der Waals surface area contributed by atoms with Crippen LogP contribution in [0.5, 0.6) is 0 Å². The van der Waals surface area contributed by atoms with Crippen molar-refractivity contribution < 1.29 is 9.90 Å². The van der Waals surface area contributed by atoms with E-state index in [9.17, 15) is 9.90 Å². The second kappa shape index (κ2) is 6.38. The number of hydrogen-bond donors (Lipinski definition) is 2. The molecule has 2 heterocycles. The van der Waals surface area contributed by atoms with Crippen LogP contribution in [0.3, 0.4) is 0 Å². The van der Waals surface area contributed by atoms with Gasteiger partial charge in [-0.1, -0.05) is 6.08 Å². The fourth-order valence-electron chi connectivity index (χ4n) is 4.91. The van der Waals surface area contributed by atoms with E-state index in [2.05, 4.69) is 16.3 Å². The van der Waals surface area contributed by atoms with Crippen molar-refractivity contribution in [2.45, 2.75) is 75.1 Å². The normalized spacial score (nSPS) is 45.9. The van der Waals surface area contributed by atoms with Gasteiger partial charge in [0.1, 0.15) is 6.17 Å². The first kappa shape index (κ1) is 15.9. The van der Waals surface area contributed by atoms with Crippen molar-refractivity contribution in [1.82, 2.24) is 10.2 Å². The van der Waals surface area contributed by atoms with Crippen LogP contribution in [0.2, 0.25) is 0 Å². The number of carbonyl (C=O) groups excluding carboxylic acids is 1. The molecule has 2 saturated heterocycles. The Hall–Kier alpha value is -0.580. The molecule has 2 N–H and O–H groups in total. The first-order valence-electron chi connectivity index (χ1n) is 9.21. The van der Waals surface area contributed by atoms with Crippen molar-refractivity contribution in [2.75, 3.05) is 6.54 Å². The third-order valence-corrected chi connectivity index (χ3v) is 6.65. The molecule has 0 radical (unpaired) electrons. The van der Waals surface area contributed by atoms with Crippen LogP contribution < -0.4 is 5.32 Å². The van der Waals surface area contributed by atoms with Crippen LogP contribution in [0.1, 0.15) is 51.4 Å². The maximum absolute atomic E-state index is 12.8. The molecule has 0 aromatic carbocycles. The highest BCUT2D eigenvalue weighted by molar-refractivity contribution is 6.20. The number of hydrogen-bond acceptors (Lipinski definition) is 3. The van der Waals surface area contributed by atoms with Gasteiger partial charge in [0.15, 0.2) is 0 Å². The van der Waals surface area contributed by atoms with Crippen LogP contribution in [0.4, 0.5) is 0 Å². The maximum Gasteiger partial charge on any atom is 0.228 e.